The van der Waals surface area contributed by atoms with Gasteiger partial charge in [-0.05, 0) is 76.5 Å². The van der Waals surface area contributed by atoms with Gasteiger partial charge in [-0.25, -0.2) is 4.79 Å². The molecule has 6 nitrogen and oxygen atoms in total. The summed E-state index contributed by atoms with van der Waals surface area (Å²) in [6, 6.07) is 6.34. The van der Waals surface area contributed by atoms with Gasteiger partial charge in [-0.3, -0.25) is 4.99 Å². The van der Waals surface area contributed by atoms with E-state index >= 15 is 0 Å². The molecule has 0 radical (unpaired) electrons. The Morgan fingerprint density at radius 2 is 1.96 bits per heavy atom. The molecular formula is C20H33IN4O2. The lowest BCUT2D eigenvalue weighted by Crippen LogP contribution is -2.33. The Hall–Kier alpha value is -1.51. The molecule has 0 atom stereocenters. The summed E-state index contributed by atoms with van der Waals surface area (Å²) in [5.41, 5.74) is 9.42. The van der Waals surface area contributed by atoms with Gasteiger partial charge in [0.2, 0.25) is 0 Å². The fraction of sp³-hybridized carbons (Fsp3) is 0.600. The van der Waals surface area contributed by atoms with Crippen molar-refractivity contribution >= 4 is 41.7 Å². The van der Waals surface area contributed by atoms with Crippen molar-refractivity contribution in [3.63, 3.8) is 0 Å². The number of nitrogens with zero attached hydrogens (tertiary/aromatic N) is 1. The highest BCUT2D eigenvalue weighted by Gasteiger charge is 2.15. The maximum Gasteiger partial charge on any atom is 0.407 e. The maximum absolute atomic E-state index is 11.5. The third-order valence-corrected chi connectivity index (χ3v) is 4.19. The largest absolute Gasteiger partial charge is 0.444 e. The van der Waals surface area contributed by atoms with Crippen LogP contribution in [0.25, 0.3) is 0 Å². The molecule has 0 fully saturated rings. The molecule has 0 heterocycles. The number of nitrogens with one attached hydrogen (secondary N) is 2. The first-order chi connectivity index (χ1) is 12.3. The SMILES string of the molecule is CC(C)(C)OC(=O)NCCCCN=C(N)Nc1cccc2c1CCCC2.I. The van der Waals surface area contributed by atoms with E-state index in [0.717, 1.165) is 31.4 Å². The first-order valence-electron chi connectivity index (χ1n) is 9.50. The maximum atomic E-state index is 11.5. The van der Waals surface area contributed by atoms with Crippen molar-refractivity contribution in [2.45, 2.75) is 64.9 Å². The van der Waals surface area contributed by atoms with Gasteiger partial charge in [0.15, 0.2) is 5.96 Å². The number of aliphatic imine (C=N–C) groups is 1. The van der Waals surface area contributed by atoms with Crippen molar-refractivity contribution in [1.82, 2.24) is 5.32 Å². The molecule has 1 aliphatic carbocycles. The van der Waals surface area contributed by atoms with Crippen molar-refractivity contribution in [1.29, 1.82) is 0 Å². The molecule has 0 aromatic heterocycles. The minimum absolute atomic E-state index is 0. The van der Waals surface area contributed by atoms with Gasteiger partial charge in [0.25, 0.3) is 0 Å². The highest BCUT2D eigenvalue weighted by molar-refractivity contribution is 14.0. The summed E-state index contributed by atoms with van der Waals surface area (Å²) in [5, 5.41) is 5.99. The third-order valence-electron chi connectivity index (χ3n) is 4.19. The molecule has 1 amide bonds. The van der Waals surface area contributed by atoms with Crippen molar-refractivity contribution in [3.05, 3.63) is 29.3 Å². The third kappa shape index (κ3) is 8.81. The molecule has 27 heavy (non-hydrogen) atoms. The minimum Gasteiger partial charge on any atom is -0.444 e. The predicted molar refractivity (Wildman–Crippen MR) is 122 cm³/mol. The first-order valence-corrected chi connectivity index (χ1v) is 9.50. The van der Waals surface area contributed by atoms with E-state index in [1.165, 1.54) is 24.0 Å². The molecule has 0 bridgehead atoms. The summed E-state index contributed by atoms with van der Waals surface area (Å²) in [6.07, 6.45) is 6.04. The number of carbonyl (C=O) groups excluding carboxylic acids is 1. The number of halogens is 1. The zero-order valence-electron chi connectivity index (χ0n) is 16.6. The van der Waals surface area contributed by atoms with E-state index in [4.69, 9.17) is 10.5 Å². The fourth-order valence-corrected chi connectivity index (χ4v) is 3.02. The Morgan fingerprint density at radius 1 is 1.22 bits per heavy atom. The summed E-state index contributed by atoms with van der Waals surface area (Å²) in [5.74, 6) is 0.448. The van der Waals surface area contributed by atoms with E-state index in [1.54, 1.807) is 0 Å². The Kier molecular flexibility index (Phi) is 9.90. The smallest absolute Gasteiger partial charge is 0.407 e. The number of ether oxygens (including phenoxy) is 1. The number of carbonyl (C=O) groups is 1. The number of alkyl carbamates (subject to hydrolysis) is 1. The molecule has 4 N–H and O–H groups in total. The van der Waals surface area contributed by atoms with Crippen LogP contribution in [0.3, 0.4) is 0 Å². The second kappa shape index (κ2) is 11.4. The summed E-state index contributed by atoms with van der Waals surface area (Å²) >= 11 is 0. The van der Waals surface area contributed by atoms with E-state index in [0.29, 0.717) is 19.0 Å². The molecule has 0 aliphatic heterocycles. The summed E-state index contributed by atoms with van der Waals surface area (Å²) in [6.45, 7) is 6.75. The van der Waals surface area contributed by atoms with E-state index in [2.05, 4.69) is 33.8 Å². The number of aryl methyl sites for hydroxylation is 1. The van der Waals surface area contributed by atoms with Gasteiger partial charge < -0.3 is 21.1 Å². The Balaban J connectivity index is 0.00000364. The van der Waals surface area contributed by atoms with Gasteiger partial charge in [0.1, 0.15) is 5.60 Å². The normalized spacial score (nSPS) is 14.0. The average molecular weight is 488 g/mol. The standard InChI is InChI=1S/C20H32N4O2.HI/c1-20(2,3)26-19(25)23-14-7-6-13-22-18(21)24-17-12-8-10-15-9-4-5-11-16(15)17;/h8,10,12H,4-7,9,11,13-14H2,1-3H3,(H,23,25)(H3,21,22,24);1H. The van der Waals surface area contributed by atoms with Crippen molar-refractivity contribution in [3.8, 4) is 0 Å². The molecule has 152 valence electrons. The quantitative estimate of drug-likeness (QED) is 0.242. The number of anilines is 1. The Labute approximate surface area is 179 Å². The van der Waals surface area contributed by atoms with E-state index in [-0.39, 0.29) is 30.1 Å². The summed E-state index contributed by atoms with van der Waals surface area (Å²) in [7, 11) is 0. The lowest BCUT2D eigenvalue weighted by atomic mass is 9.90. The number of amides is 1. The van der Waals surface area contributed by atoms with Crippen LogP contribution in [0.4, 0.5) is 10.5 Å². The number of unbranched alkanes of at least 4 members (excludes halogenated alkanes) is 1. The van der Waals surface area contributed by atoms with Crippen molar-refractivity contribution in [2.24, 2.45) is 10.7 Å². The van der Waals surface area contributed by atoms with Crippen LogP contribution in [-0.4, -0.2) is 30.7 Å². The summed E-state index contributed by atoms with van der Waals surface area (Å²) in [4.78, 5) is 15.9. The van der Waals surface area contributed by atoms with Crippen LogP contribution in [0.5, 0.6) is 0 Å². The molecule has 7 heteroatoms. The van der Waals surface area contributed by atoms with Crippen LogP contribution in [-0.2, 0) is 17.6 Å². The topological polar surface area (TPSA) is 88.7 Å². The highest BCUT2D eigenvalue weighted by Crippen LogP contribution is 2.27. The van der Waals surface area contributed by atoms with Crippen LogP contribution >= 0.6 is 24.0 Å². The zero-order valence-corrected chi connectivity index (χ0v) is 19.0. The van der Waals surface area contributed by atoms with Crippen LogP contribution in [0.2, 0.25) is 0 Å². The molecule has 0 saturated carbocycles. The van der Waals surface area contributed by atoms with Gasteiger partial charge in [-0.1, -0.05) is 12.1 Å². The minimum atomic E-state index is -0.467. The van der Waals surface area contributed by atoms with Crippen molar-refractivity contribution < 1.29 is 9.53 Å². The van der Waals surface area contributed by atoms with Crippen LogP contribution < -0.4 is 16.4 Å². The Bertz CT molecular complexity index is 641. The van der Waals surface area contributed by atoms with Gasteiger partial charge in [-0.15, -0.1) is 24.0 Å². The van der Waals surface area contributed by atoms with E-state index in [9.17, 15) is 4.79 Å². The van der Waals surface area contributed by atoms with Gasteiger partial charge in [0, 0.05) is 18.8 Å². The van der Waals surface area contributed by atoms with Crippen LogP contribution in [0.15, 0.2) is 23.2 Å². The number of fused-ring (bicyclic) bond motifs is 1. The molecule has 0 spiro atoms. The molecule has 1 aliphatic rings. The van der Waals surface area contributed by atoms with Crippen LogP contribution in [0, 0.1) is 0 Å². The number of hydrogen-bond acceptors (Lipinski definition) is 3. The zero-order chi connectivity index (χ0) is 19.0. The number of hydrogen-bond donors (Lipinski definition) is 3. The molecule has 0 unspecified atom stereocenters. The average Bonchev–Trinajstić information content (AvgIpc) is 2.57. The number of guanidine groups is 1. The van der Waals surface area contributed by atoms with E-state index < -0.39 is 5.60 Å². The highest BCUT2D eigenvalue weighted by atomic mass is 127. The van der Waals surface area contributed by atoms with Gasteiger partial charge in [-0.2, -0.15) is 0 Å². The second-order valence-corrected chi connectivity index (χ2v) is 7.68. The number of benzene rings is 1. The number of rotatable bonds is 6. The van der Waals surface area contributed by atoms with Gasteiger partial charge >= 0.3 is 6.09 Å². The molecule has 1 aromatic carbocycles. The lowest BCUT2D eigenvalue weighted by molar-refractivity contribution is 0.0527. The Morgan fingerprint density at radius 3 is 2.70 bits per heavy atom. The molecule has 2 rings (SSSR count). The number of nitrogens with two attached hydrogens (primary N) is 1. The van der Waals surface area contributed by atoms with E-state index in [1.807, 2.05) is 20.8 Å². The summed E-state index contributed by atoms with van der Waals surface area (Å²) < 4.78 is 5.19. The molecule has 1 aromatic rings. The first kappa shape index (κ1) is 23.5. The van der Waals surface area contributed by atoms with Crippen LogP contribution in [0.1, 0.15) is 57.6 Å². The molecule has 0 saturated heterocycles. The lowest BCUT2D eigenvalue weighted by Gasteiger charge is -2.20. The molecular weight excluding hydrogens is 455 g/mol. The monoisotopic (exact) mass is 488 g/mol. The van der Waals surface area contributed by atoms with Crippen molar-refractivity contribution in [2.75, 3.05) is 18.4 Å². The fourth-order valence-electron chi connectivity index (χ4n) is 3.02. The predicted octanol–water partition coefficient (Wildman–Crippen LogP) is 4.21. The van der Waals surface area contributed by atoms with Gasteiger partial charge in [0.05, 0.1) is 0 Å². The second-order valence-electron chi connectivity index (χ2n) is 7.68.